The zero-order valence-corrected chi connectivity index (χ0v) is 14.2. The van der Waals surface area contributed by atoms with E-state index in [2.05, 4.69) is 10.4 Å². The number of nitrogens with one attached hydrogen (secondary N) is 1. The third-order valence-electron chi connectivity index (χ3n) is 4.19. The molecular weight excluding hydrogens is 326 g/mol. The average molecular weight is 347 g/mol. The number of hydrogen-bond donors (Lipinski definition) is 1. The van der Waals surface area contributed by atoms with Crippen LogP contribution in [-0.2, 0) is 21.1 Å². The number of benzene rings is 1. The molecule has 1 aromatic carbocycles. The first-order valence-electron chi connectivity index (χ1n) is 8.08. The molecule has 128 valence electrons. The van der Waals surface area contributed by atoms with Crippen LogP contribution in [0.5, 0.6) is 0 Å². The molecule has 1 aliphatic rings. The van der Waals surface area contributed by atoms with E-state index >= 15 is 0 Å². The maximum Gasteiger partial charge on any atom is 0.220 e. The second kappa shape index (κ2) is 7.17. The van der Waals surface area contributed by atoms with Gasteiger partial charge in [-0.05, 0) is 36.5 Å². The molecule has 24 heavy (non-hydrogen) atoms. The second-order valence-corrected chi connectivity index (χ2v) is 8.43. The number of nitrogens with zero attached hydrogens (tertiary/aromatic N) is 2. The standard InChI is InChI=1S/C17H21N3O3S/c21-17(10-14-7-9-24(22,23)13-14)18-8-6-15-11-19-20(12-15)16-4-2-1-3-5-16/h1-5,11-12,14H,6-10,13H2,(H,18,21). The van der Waals surface area contributed by atoms with Gasteiger partial charge in [0.1, 0.15) is 0 Å². The lowest BCUT2D eigenvalue weighted by molar-refractivity contribution is -0.121. The molecule has 0 aliphatic carbocycles. The van der Waals surface area contributed by atoms with Crippen LogP contribution >= 0.6 is 0 Å². The smallest absolute Gasteiger partial charge is 0.220 e. The van der Waals surface area contributed by atoms with Crippen molar-refractivity contribution in [2.24, 2.45) is 5.92 Å². The van der Waals surface area contributed by atoms with E-state index in [4.69, 9.17) is 0 Å². The predicted octanol–water partition coefficient (Wildman–Crippen LogP) is 1.36. The third-order valence-corrected chi connectivity index (χ3v) is 6.03. The summed E-state index contributed by atoms with van der Waals surface area (Å²) in [6.45, 7) is 0.527. The highest BCUT2D eigenvalue weighted by Crippen LogP contribution is 2.21. The molecule has 0 saturated carbocycles. The van der Waals surface area contributed by atoms with Crippen molar-refractivity contribution in [2.75, 3.05) is 18.1 Å². The molecule has 1 aliphatic heterocycles. The summed E-state index contributed by atoms with van der Waals surface area (Å²) in [7, 11) is -2.92. The Kier molecular flexibility index (Phi) is 4.99. The summed E-state index contributed by atoms with van der Waals surface area (Å²) in [5.74, 6) is 0.247. The van der Waals surface area contributed by atoms with E-state index < -0.39 is 9.84 Å². The van der Waals surface area contributed by atoms with Crippen molar-refractivity contribution in [3.8, 4) is 5.69 Å². The topological polar surface area (TPSA) is 81.1 Å². The molecule has 2 heterocycles. The number of aromatic nitrogens is 2. The van der Waals surface area contributed by atoms with Crippen molar-refractivity contribution in [3.63, 3.8) is 0 Å². The molecule has 1 fully saturated rings. The Hall–Kier alpha value is -2.15. The average Bonchev–Trinajstić information content (AvgIpc) is 3.15. The van der Waals surface area contributed by atoms with E-state index in [1.54, 1.807) is 10.9 Å². The fourth-order valence-corrected chi connectivity index (χ4v) is 4.79. The molecule has 7 heteroatoms. The van der Waals surface area contributed by atoms with Gasteiger partial charge >= 0.3 is 0 Å². The lowest BCUT2D eigenvalue weighted by Gasteiger charge is -2.08. The Bertz CT molecular complexity index is 799. The van der Waals surface area contributed by atoms with Crippen molar-refractivity contribution in [1.82, 2.24) is 15.1 Å². The number of sulfone groups is 1. The highest BCUT2D eigenvalue weighted by atomic mass is 32.2. The molecule has 1 unspecified atom stereocenters. The summed E-state index contributed by atoms with van der Waals surface area (Å²) in [4.78, 5) is 11.9. The van der Waals surface area contributed by atoms with Gasteiger partial charge in [0.2, 0.25) is 5.91 Å². The van der Waals surface area contributed by atoms with Crippen LogP contribution in [0.4, 0.5) is 0 Å². The van der Waals surface area contributed by atoms with Crippen LogP contribution in [0, 0.1) is 5.92 Å². The fourth-order valence-electron chi connectivity index (χ4n) is 2.92. The van der Waals surface area contributed by atoms with Crippen molar-refractivity contribution in [2.45, 2.75) is 19.3 Å². The second-order valence-electron chi connectivity index (χ2n) is 6.20. The summed E-state index contributed by atoms with van der Waals surface area (Å²) in [6.07, 6.45) is 5.33. The van der Waals surface area contributed by atoms with Gasteiger partial charge in [-0.1, -0.05) is 18.2 Å². The highest BCUT2D eigenvalue weighted by Gasteiger charge is 2.29. The normalized spacial score (nSPS) is 19.2. The van der Waals surface area contributed by atoms with Crippen LogP contribution in [-0.4, -0.2) is 42.2 Å². The maximum atomic E-state index is 11.9. The van der Waals surface area contributed by atoms with Crippen molar-refractivity contribution in [3.05, 3.63) is 48.3 Å². The molecule has 0 bridgehead atoms. The van der Waals surface area contributed by atoms with Gasteiger partial charge in [-0.2, -0.15) is 5.10 Å². The number of rotatable bonds is 6. The number of carbonyl (C=O) groups excluding carboxylic acids is 1. The minimum Gasteiger partial charge on any atom is -0.356 e. The molecule has 6 nitrogen and oxygen atoms in total. The minimum atomic E-state index is -2.92. The van der Waals surface area contributed by atoms with E-state index in [-0.39, 0.29) is 23.3 Å². The fraction of sp³-hybridized carbons (Fsp3) is 0.412. The van der Waals surface area contributed by atoms with Crippen LogP contribution in [0.1, 0.15) is 18.4 Å². The van der Waals surface area contributed by atoms with Crippen molar-refractivity contribution < 1.29 is 13.2 Å². The number of carbonyl (C=O) groups is 1. The number of para-hydroxylation sites is 1. The van der Waals surface area contributed by atoms with Gasteiger partial charge in [-0.25, -0.2) is 13.1 Å². The van der Waals surface area contributed by atoms with E-state index in [9.17, 15) is 13.2 Å². The van der Waals surface area contributed by atoms with Crippen LogP contribution in [0.3, 0.4) is 0 Å². The number of amides is 1. The predicted molar refractivity (Wildman–Crippen MR) is 91.7 cm³/mol. The van der Waals surface area contributed by atoms with Gasteiger partial charge in [0.05, 0.1) is 23.4 Å². The van der Waals surface area contributed by atoms with E-state index in [1.807, 2.05) is 36.5 Å². The summed E-state index contributed by atoms with van der Waals surface area (Å²) in [6, 6.07) is 9.84. The molecule has 2 aromatic rings. The van der Waals surface area contributed by atoms with Gasteiger partial charge in [0.25, 0.3) is 0 Å². The molecule has 1 amide bonds. The SMILES string of the molecule is O=C(CC1CCS(=O)(=O)C1)NCCc1cnn(-c2ccccc2)c1. The van der Waals surface area contributed by atoms with Crippen LogP contribution < -0.4 is 5.32 Å². The van der Waals surface area contributed by atoms with Crippen molar-refractivity contribution >= 4 is 15.7 Å². The van der Waals surface area contributed by atoms with Gasteiger partial charge in [0, 0.05) is 19.2 Å². The van der Waals surface area contributed by atoms with E-state index in [1.165, 1.54) is 0 Å². The van der Waals surface area contributed by atoms with Gasteiger partial charge in [0.15, 0.2) is 9.84 Å². The Balaban J connectivity index is 1.44. The quantitative estimate of drug-likeness (QED) is 0.855. The maximum absolute atomic E-state index is 11.9. The highest BCUT2D eigenvalue weighted by molar-refractivity contribution is 7.91. The first-order valence-corrected chi connectivity index (χ1v) is 9.90. The molecule has 0 radical (unpaired) electrons. The molecular formula is C17H21N3O3S. The Morgan fingerprint density at radius 2 is 2.08 bits per heavy atom. The Labute approximate surface area is 141 Å². The Morgan fingerprint density at radius 1 is 1.29 bits per heavy atom. The summed E-state index contributed by atoms with van der Waals surface area (Å²) >= 11 is 0. The van der Waals surface area contributed by atoms with Crippen LogP contribution in [0.2, 0.25) is 0 Å². The summed E-state index contributed by atoms with van der Waals surface area (Å²) in [5.41, 5.74) is 2.04. The van der Waals surface area contributed by atoms with Crippen LogP contribution in [0.15, 0.2) is 42.7 Å². The lowest BCUT2D eigenvalue weighted by atomic mass is 10.1. The zero-order valence-electron chi connectivity index (χ0n) is 13.4. The van der Waals surface area contributed by atoms with Gasteiger partial charge in [-0.3, -0.25) is 4.79 Å². The molecule has 0 spiro atoms. The summed E-state index contributed by atoms with van der Waals surface area (Å²) < 4.78 is 24.6. The van der Waals surface area contributed by atoms with Gasteiger partial charge < -0.3 is 5.32 Å². The molecule has 1 atom stereocenters. The molecule has 1 N–H and O–H groups in total. The monoisotopic (exact) mass is 347 g/mol. The molecule has 1 aromatic heterocycles. The van der Waals surface area contributed by atoms with E-state index in [0.717, 1.165) is 11.3 Å². The first kappa shape index (κ1) is 16.7. The van der Waals surface area contributed by atoms with E-state index in [0.29, 0.717) is 25.8 Å². The first-order chi connectivity index (χ1) is 11.5. The Morgan fingerprint density at radius 3 is 2.79 bits per heavy atom. The largest absolute Gasteiger partial charge is 0.356 e. The third kappa shape index (κ3) is 4.44. The van der Waals surface area contributed by atoms with Crippen molar-refractivity contribution in [1.29, 1.82) is 0 Å². The number of hydrogen-bond acceptors (Lipinski definition) is 4. The molecule has 1 saturated heterocycles. The molecule has 3 rings (SSSR count). The zero-order chi connectivity index (χ0) is 17.0. The van der Waals surface area contributed by atoms with Gasteiger partial charge in [-0.15, -0.1) is 0 Å². The van der Waals surface area contributed by atoms with Crippen LogP contribution in [0.25, 0.3) is 5.69 Å². The lowest BCUT2D eigenvalue weighted by Crippen LogP contribution is -2.27. The minimum absolute atomic E-state index is 0.0316. The summed E-state index contributed by atoms with van der Waals surface area (Å²) in [5, 5.41) is 7.18.